The summed E-state index contributed by atoms with van der Waals surface area (Å²) in [6, 6.07) is 0. The van der Waals surface area contributed by atoms with Crippen molar-refractivity contribution in [1.82, 2.24) is 0 Å². The van der Waals surface area contributed by atoms with Crippen LogP contribution in [0.3, 0.4) is 0 Å². The van der Waals surface area contributed by atoms with Crippen molar-refractivity contribution in [3.8, 4) is 0 Å². The minimum absolute atomic E-state index is 0.137. The molecule has 2 N–H and O–H groups in total. The van der Waals surface area contributed by atoms with Crippen LogP contribution in [0.25, 0.3) is 0 Å². The number of allylic oxidation sites excluding steroid dienone is 18. The highest BCUT2D eigenvalue weighted by molar-refractivity contribution is 7.47. The van der Waals surface area contributed by atoms with Gasteiger partial charge in [0.15, 0.2) is 6.10 Å². The third-order valence-electron chi connectivity index (χ3n) is 12.7. The number of unbranched alkanes of at least 4 members (excludes halogenated alkanes) is 21. The van der Waals surface area contributed by atoms with Gasteiger partial charge in [0.1, 0.15) is 12.7 Å². The molecule has 0 fully saturated rings. The first kappa shape index (κ1) is 74.1. The molecule has 446 valence electrons. The number of aliphatic hydroxyl groups excluding tert-OH is 1. The number of esters is 3. The minimum Gasteiger partial charge on any atom is -0.462 e. The highest BCUT2D eigenvalue weighted by Gasteiger charge is 2.28. The highest BCUT2D eigenvalue weighted by atomic mass is 31.2. The van der Waals surface area contributed by atoms with E-state index in [2.05, 4.69) is 130 Å². The van der Waals surface area contributed by atoms with Gasteiger partial charge in [0, 0.05) is 19.3 Å². The molecule has 0 aliphatic rings. The number of ether oxygens (including phenoxy) is 3. The van der Waals surface area contributed by atoms with E-state index in [4.69, 9.17) is 23.3 Å². The molecule has 0 spiro atoms. The van der Waals surface area contributed by atoms with Gasteiger partial charge in [-0.1, -0.05) is 220 Å². The highest BCUT2D eigenvalue weighted by Crippen LogP contribution is 2.43. The predicted molar refractivity (Wildman–Crippen MR) is 325 cm³/mol. The number of phosphoric ester groups is 1. The van der Waals surface area contributed by atoms with Crippen molar-refractivity contribution in [2.75, 3.05) is 26.4 Å². The number of hydrogen-bond acceptors (Lipinski definition) is 10. The summed E-state index contributed by atoms with van der Waals surface area (Å²) < 4.78 is 39.6. The Kier molecular flexibility index (Phi) is 56.3. The van der Waals surface area contributed by atoms with Crippen molar-refractivity contribution in [3.63, 3.8) is 0 Å². The topological polar surface area (TPSA) is 155 Å². The minimum atomic E-state index is -4.77. The average molecular weight is 1110 g/mol. The number of hydrogen-bond donors (Lipinski definition) is 2. The monoisotopic (exact) mass is 1110 g/mol. The lowest BCUT2D eigenvalue weighted by atomic mass is 10.1. The summed E-state index contributed by atoms with van der Waals surface area (Å²) in [6.45, 7) is 4.36. The Hall–Kier alpha value is -3.86. The number of carbonyl (C=O) groups is 3. The molecule has 78 heavy (non-hydrogen) atoms. The van der Waals surface area contributed by atoms with Gasteiger partial charge in [-0.2, -0.15) is 0 Å². The van der Waals surface area contributed by atoms with Crippen molar-refractivity contribution >= 4 is 25.7 Å². The zero-order valence-electron chi connectivity index (χ0n) is 49.3. The molecule has 0 heterocycles. The van der Waals surface area contributed by atoms with Crippen LogP contribution in [0, 0.1) is 0 Å². The van der Waals surface area contributed by atoms with Crippen LogP contribution in [0.4, 0.5) is 0 Å². The molecule has 3 atom stereocenters. The largest absolute Gasteiger partial charge is 0.472 e. The molecule has 0 rings (SSSR count). The van der Waals surface area contributed by atoms with E-state index in [1.807, 2.05) is 0 Å². The van der Waals surface area contributed by atoms with Crippen LogP contribution in [-0.4, -0.2) is 66.5 Å². The van der Waals surface area contributed by atoms with Crippen LogP contribution in [-0.2, 0) is 42.2 Å². The normalized spacial score (nSPS) is 14.1. The smallest absolute Gasteiger partial charge is 0.462 e. The van der Waals surface area contributed by atoms with Crippen LogP contribution < -0.4 is 0 Å². The molecule has 0 aliphatic heterocycles. The number of phosphoric acid groups is 1. The Morgan fingerprint density at radius 3 is 1.06 bits per heavy atom. The van der Waals surface area contributed by atoms with E-state index < -0.39 is 57.8 Å². The molecule has 0 amide bonds. The lowest BCUT2D eigenvalue weighted by Gasteiger charge is -2.21. The van der Waals surface area contributed by atoms with E-state index in [-0.39, 0.29) is 25.9 Å². The van der Waals surface area contributed by atoms with E-state index in [9.17, 15) is 28.9 Å². The summed E-state index contributed by atoms with van der Waals surface area (Å²) >= 11 is 0. The standard InChI is InChI=1S/C66H111O11P/c1-4-7-10-13-16-19-22-25-28-30-31-33-36-39-42-45-48-51-54-57-66(70)77-63(59-73-64(68)55-52-49-46-43-40-37-34-27-24-21-18-15-12-9-6-3)61-75-78(71,72)74-60-62(58-67)76-65(69)56-53-50-47-44-41-38-35-32-29-26-23-20-17-14-11-8-5-2/h7,9-10,12,16,18-19,21,25-29,31,33-34,40,43,62-63,67H,4-6,8,11,13-15,17,20,22-24,30,32,35-39,41-42,44-61H2,1-3H3,(H,71,72)/b10-7-,12-9-,19-16-,21-18-,28-25-,29-26-,33-31-,34-27-,43-40-. The molecule has 0 radical (unpaired) electrons. The van der Waals surface area contributed by atoms with Gasteiger partial charge in [-0.25, -0.2) is 4.57 Å². The average Bonchev–Trinajstić information content (AvgIpc) is 3.43. The molecule has 0 saturated carbocycles. The molecule has 0 aliphatic carbocycles. The molecule has 0 aromatic rings. The lowest BCUT2D eigenvalue weighted by Crippen LogP contribution is -2.30. The van der Waals surface area contributed by atoms with Crippen molar-refractivity contribution in [2.45, 2.75) is 264 Å². The molecule has 12 heteroatoms. The molecule has 3 unspecified atom stereocenters. The van der Waals surface area contributed by atoms with E-state index in [1.165, 1.54) is 64.2 Å². The fourth-order valence-corrected chi connectivity index (χ4v) is 8.82. The summed E-state index contributed by atoms with van der Waals surface area (Å²) in [5.41, 5.74) is 0. The summed E-state index contributed by atoms with van der Waals surface area (Å²) in [6.07, 6.45) is 71.8. The van der Waals surface area contributed by atoms with Gasteiger partial charge in [0.25, 0.3) is 0 Å². The SMILES string of the molecule is CC/C=C\C/C=C\C/C=C\C/C=C\CCCCCCCCC(=O)OC(COC(=O)CCCC/C=C\C/C=C\C/C=C\C/C=C\CC)COP(=O)(O)OCC(CO)OC(=O)CCCCCCCCC/C=C\CCCCCCCC. The maximum atomic E-state index is 12.9. The van der Waals surface area contributed by atoms with Gasteiger partial charge < -0.3 is 24.2 Å². The van der Waals surface area contributed by atoms with Crippen molar-refractivity contribution in [3.05, 3.63) is 109 Å². The zero-order valence-corrected chi connectivity index (χ0v) is 50.2. The molecule has 0 aromatic heterocycles. The maximum absolute atomic E-state index is 12.9. The first-order valence-corrected chi connectivity index (χ1v) is 32.3. The number of rotatable bonds is 56. The molecular formula is C66H111O11P. The Morgan fingerprint density at radius 2 is 0.667 bits per heavy atom. The van der Waals surface area contributed by atoms with Gasteiger partial charge in [0.05, 0.1) is 19.8 Å². The summed E-state index contributed by atoms with van der Waals surface area (Å²) in [7, 11) is -4.77. The zero-order chi connectivity index (χ0) is 56.9. The Balaban J connectivity index is 4.78. The number of aliphatic hydroxyl groups is 1. The third-order valence-corrected chi connectivity index (χ3v) is 13.6. The van der Waals surface area contributed by atoms with E-state index >= 15 is 0 Å². The first-order chi connectivity index (χ1) is 38.2. The van der Waals surface area contributed by atoms with Gasteiger partial charge in [-0.15, -0.1) is 0 Å². The van der Waals surface area contributed by atoms with Crippen LogP contribution in [0.15, 0.2) is 109 Å². The van der Waals surface area contributed by atoms with Crippen molar-refractivity contribution < 1.29 is 52.2 Å². The van der Waals surface area contributed by atoms with Crippen molar-refractivity contribution in [2.24, 2.45) is 0 Å². The second kappa shape index (κ2) is 59.3. The van der Waals surface area contributed by atoms with Gasteiger partial charge >= 0.3 is 25.7 Å². The fraction of sp³-hybridized carbons (Fsp3) is 0.682. The second-order valence-corrected chi connectivity index (χ2v) is 21.6. The predicted octanol–water partition coefficient (Wildman–Crippen LogP) is 18.6. The molecular weight excluding hydrogens is 1000 g/mol. The second-order valence-electron chi connectivity index (χ2n) is 20.1. The van der Waals surface area contributed by atoms with Crippen molar-refractivity contribution in [1.29, 1.82) is 0 Å². The van der Waals surface area contributed by atoms with E-state index in [0.717, 1.165) is 128 Å². The van der Waals surface area contributed by atoms with E-state index in [1.54, 1.807) is 0 Å². The van der Waals surface area contributed by atoms with E-state index in [0.29, 0.717) is 19.3 Å². The van der Waals surface area contributed by atoms with Gasteiger partial charge in [0.2, 0.25) is 0 Å². The number of carbonyl (C=O) groups excluding carboxylic acids is 3. The molecule has 0 saturated heterocycles. The van der Waals surface area contributed by atoms with Gasteiger partial charge in [-0.05, 0) is 122 Å². The lowest BCUT2D eigenvalue weighted by molar-refractivity contribution is -0.161. The Morgan fingerprint density at radius 1 is 0.372 bits per heavy atom. The van der Waals surface area contributed by atoms with Crippen LogP contribution >= 0.6 is 7.82 Å². The molecule has 11 nitrogen and oxygen atoms in total. The summed E-state index contributed by atoms with van der Waals surface area (Å²) in [4.78, 5) is 48.7. The molecule has 0 aromatic carbocycles. The van der Waals surface area contributed by atoms with Crippen LogP contribution in [0.1, 0.15) is 252 Å². The van der Waals surface area contributed by atoms with Gasteiger partial charge in [-0.3, -0.25) is 23.4 Å². The molecule has 0 bridgehead atoms. The quantitative estimate of drug-likeness (QED) is 0.0197. The fourth-order valence-electron chi connectivity index (χ4n) is 8.04. The Bertz CT molecular complexity index is 1720. The summed E-state index contributed by atoms with van der Waals surface area (Å²) in [5.74, 6) is -1.54. The Labute approximate surface area is 475 Å². The van der Waals surface area contributed by atoms with Crippen LogP contribution in [0.2, 0.25) is 0 Å². The maximum Gasteiger partial charge on any atom is 0.472 e. The third kappa shape index (κ3) is 56.8. The first-order valence-electron chi connectivity index (χ1n) is 30.8. The van der Waals surface area contributed by atoms with Crippen LogP contribution in [0.5, 0.6) is 0 Å². The summed E-state index contributed by atoms with van der Waals surface area (Å²) in [5, 5.41) is 9.84.